The van der Waals surface area contributed by atoms with Crippen LogP contribution in [0.1, 0.15) is 12.7 Å². The summed E-state index contributed by atoms with van der Waals surface area (Å²) in [6.07, 6.45) is 0.425. The van der Waals surface area contributed by atoms with Crippen LogP contribution in [-0.2, 0) is 22.5 Å². The number of carbonyl (C=O) groups is 1. The zero-order valence-electron chi connectivity index (χ0n) is 10.3. The number of carbonyl (C=O) groups excluding carboxylic acids is 1. The lowest BCUT2D eigenvalue weighted by Crippen LogP contribution is -2.16. The second-order valence-corrected chi connectivity index (χ2v) is 3.88. The van der Waals surface area contributed by atoms with Gasteiger partial charge in [-0.1, -0.05) is 12.1 Å². The van der Waals surface area contributed by atoms with Gasteiger partial charge in [-0.2, -0.15) is 0 Å². The van der Waals surface area contributed by atoms with Gasteiger partial charge in [0.25, 0.3) is 0 Å². The molecule has 1 aromatic heterocycles. The summed E-state index contributed by atoms with van der Waals surface area (Å²) in [5, 5.41) is 9.04. The zero-order chi connectivity index (χ0) is 13.0. The van der Waals surface area contributed by atoms with Crippen LogP contribution in [0, 0.1) is 0 Å². The summed E-state index contributed by atoms with van der Waals surface area (Å²) in [6, 6.07) is 7.58. The Balaban J connectivity index is 2.38. The first-order chi connectivity index (χ1) is 8.76. The number of hydrogen-bond donors (Lipinski definition) is 1. The third kappa shape index (κ3) is 2.51. The number of hydrogen-bond acceptors (Lipinski definition) is 4. The Hall–Kier alpha value is -1.88. The Labute approximate surface area is 105 Å². The molecule has 0 saturated heterocycles. The Bertz CT molecular complexity index is 548. The molecule has 5 heteroatoms. The maximum absolute atomic E-state index is 11.6. The van der Waals surface area contributed by atoms with Gasteiger partial charge in [0.1, 0.15) is 12.4 Å². The van der Waals surface area contributed by atoms with Crippen molar-refractivity contribution in [1.82, 2.24) is 9.55 Å². The zero-order valence-corrected chi connectivity index (χ0v) is 10.3. The molecule has 18 heavy (non-hydrogen) atoms. The Morgan fingerprint density at radius 3 is 2.94 bits per heavy atom. The first-order valence-corrected chi connectivity index (χ1v) is 5.97. The number of imidazole rings is 1. The highest BCUT2D eigenvalue weighted by atomic mass is 16.5. The molecule has 0 bridgehead atoms. The predicted molar refractivity (Wildman–Crippen MR) is 67.2 cm³/mol. The molecular weight excluding hydrogens is 232 g/mol. The van der Waals surface area contributed by atoms with Gasteiger partial charge in [0.2, 0.25) is 0 Å². The molecule has 2 aromatic rings. The van der Waals surface area contributed by atoms with Crippen molar-refractivity contribution in [2.75, 3.05) is 13.2 Å². The van der Waals surface area contributed by atoms with Crippen LogP contribution >= 0.6 is 0 Å². The minimum absolute atomic E-state index is 0.00610. The first kappa shape index (κ1) is 12.6. The van der Waals surface area contributed by atoms with E-state index in [9.17, 15) is 4.79 Å². The van der Waals surface area contributed by atoms with Crippen LogP contribution in [0.2, 0.25) is 0 Å². The number of aliphatic hydroxyl groups excluding tert-OH is 1. The van der Waals surface area contributed by atoms with Crippen LogP contribution in [0.25, 0.3) is 11.0 Å². The van der Waals surface area contributed by atoms with Gasteiger partial charge >= 0.3 is 5.97 Å². The topological polar surface area (TPSA) is 64.3 Å². The fourth-order valence-electron chi connectivity index (χ4n) is 1.93. The minimum Gasteiger partial charge on any atom is -0.465 e. The van der Waals surface area contributed by atoms with Crippen molar-refractivity contribution >= 4 is 17.0 Å². The SMILES string of the molecule is CCOC(=O)Cn1c(CCO)nc2ccccc21. The fraction of sp³-hybridized carbons (Fsp3) is 0.385. The van der Waals surface area contributed by atoms with E-state index in [1.54, 1.807) is 11.5 Å². The van der Waals surface area contributed by atoms with E-state index in [1.807, 2.05) is 24.3 Å². The Morgan fingerprint density at radius 1 is 1.44 bits per heavy atom. The summed E-state index contributed by atoms with van der Waals surface area (Å²) in [7, 11) is 0. The van der Waals surface area contributed by atoms with Gasteiger partial charge in [-0.05, 0) is 19.1 Å². The van der Waals surface area contributed by atoms with E-state index in [-0.39, 0.29) is 19.1 Å². The number of aromatic nitrogens is 2. The van der Waals surface area contributed by atoms with Gasteiger partial charge in [-0.25, -0.2) is 4.98 Å². The van der Waals surface area contributed by atoms with Crippen LogP contribution in [-0.4, -0.2) is 33.8 Å². The molecule has 0 fully saturated rings. The number of fused-ring (bicyclic) bond motifs is 1. The van der Waals surface area contributed by atoms with Gasteiger partial charge in [0.15, 0.2) is 0 Å². The number of esters is 1. The molecule has 0 aliphatic heterocycles. The standard InChI is InChI=1S/C13H16N2O3/c1-2-18-13(17)9-15-11-6-4-3-5-10(11)14-12(15)7-8-16/h3-6,16H,2,7-9H2,1H3. The number of para-hydroxylation sites is 2. The van der Waals surface area contributed by atoms with E-state index in [1.165, 1.54) is 0 Å². The van der Waals surface area contributed by atoms with Crippen LogP contribution in [0.5, 0.6) is 0 Å². The van der Waals surface area contributed by atoms with E-state index < -0.39 is 0 Å². The number of aliphatic hydroxyl groups is 1. The van der Waals surface area contributed by atoms with Gasteiger partial charge < -0.3 is 14.4 Å². The van der Waals surface area contributed by atoms with Gasteiger partial charge in [-0.15, -0.1) is 0 Å². The van der Waals surface area contributed by atoms with Crippen LogP contribution in [0.15, 0.2) is 24.3 Å². The normalized spacial score (nSPS) is 10.8. The van der Waals surface area contributed by atoms with Crippen LogP contribution in [0.4, 0.5) is 0 Å². The number of nitrogens with zero attached hydrogens (tertiary/aromatic N) is 2. The molecule has 1 heterocycles. The summed E-state index contributed by atoms with van der Waals surface area (Å²) in [5.41, 5.74) is 1.71. The molecule has 1 aromatic carbocycles. The summed E-state index contributed by atoms with van der Waals surface area (Å²) >= 11 is 0. The lowest BCUT2D eigenvalue weighted by atomic mass is 10.3. The second-order valence-electron chi connectivity index (χ2n) is 3.88. The number of ether oxygens (including phenoxy) is 1. The molecular formula is C13H16N2O3. The monoisotopic (exact) mass is 248 g/mol. The summed E-state index contributed by atoms with van der Waals surface area (Å²) < 4.78 is 6.74. The maximum atomic E-state index is 11.6. The molecule has 0 radical (unpaired) electrons. The van der Waals surface area contributed by atoms with Crippen molar-refractivity contribution in [2.24, 2.45) is 0 Å². The quantitative estimate of drug-likeness (QED) is 0.806. The van der Waals surface area contributed by atoms with E-state index in [0.29, 0.717) is 18.9 Å². The Morgan fingerprint density at radius 2 is 2.22 bits per heavy atom. The molecule has 0 aliphatic carbocycles. The van der Waals surface area contributed by atoms with E-state index >= 15 is 0 Å². The van der Waals surface area contributed by atoms with E-state index in [2.05, 4.69) is 4.98 Å². The molecule has 0 saturated carbocycles. The molecule has 0 unspecified atom stereocenters. The molecule has 0 spiro atoms. The van der Waals surface area contributed by atoms with E-state index in [4.69, 9.17) is 9.84 Å². The molecule has 96 valence electrons. The van der Waals surface area contributed by atoms with Crippen LogP contribution < -0.4 is 0 Å². The van der Waals surface area contributed by atoms with Crippen molar-refractivity contribution in [3.05, 3.63) is 30.1 Å². The largest absolute Gasteiger partial charge is 0.465 e. The minimum atomic E-state index is -0.292. The third-order valence-electron chi connectivity index (χ3n) is 2.66. The van der Waals surface area contributed by atoms with Gasteiger partial charge in [0.05, 0.1) is 24.2 Å². The van der Waals surface area contributed by atoms with Gasteiger partial charge in [-0.3, -0.25) is 4.79 Å². The summed E-state index contributed by atoms with van der Waals surface area (Å²) in [4.78, 5) is 16.0. The highest BCUT2D eigenvalue weighted by molar-refractivity contribution is 5.78. The van der Waals surface area contributed by atoms with Crippen molar-refractivity contribution < 1.29 is 14.6 Å². The maximum Gasteiger partial charge on any atom is 0.326 e. The van der Waals surface area contributed by atoms with Crippen molar-refractivity contribution in [3.8, 4) is 0 Å². The summed E-state index contributed by atoms with van der Waals surface area (Å²) in [6.45, 7) is 2.27. The molecule has 0 atom stereocenters. The van der Waals surface area contributed by atoms with Crippen molar-refractivity contribution in [1.29, 1.82) is 0 Å². The van der Waals surface area contributed by atoms with Crippen LogP contribution in [0.3, 0.4) is 0 Å². The molecule has 2 rings (SSSR count). The lowest BCUT2D eigenvalue weighted by Gasteiger charge is -2.07. The molecule has 1 N–H and O–H groups in total. The second kappa shape index (κ2) is 5.64. The molecule has 5 nitrogen and oxygen atoms in total. The average molecular weight is 248 g/mol. The van der Waals surface area contributed by atoms with E-state index in [0.717, 1.165) is 11.0 Å². The molecule has 0 amide bonds. The van der Waals surface area contributed by atoms with Gasteiger partial charge in [0, 0.05) is 6.42 Å². The molecule has 0 aliphatic rings. The number of rotatable bonds is 5. The highest BCUT2D eigenvalue weighted by Crippen LogP contribution is 2.16. The smallest absolute Gasteiger partial charge is 0.326 e. The Kier molecular flexibility index (Phi) is 3.94. The number of benzene rings is 1. The lowest BCUT2D eigenvalue weighted by molar-refractivity contribution is -0.143. The summed E-state index contributed by atoms with van der Waals surface area (Å²) in [5.74, 6) is 0.409. The first-order valence-electron chi connectivity index (χ1n) is 5.97. The highest BCUT2D eigenvalue weighted by Gasteiger charge is 2.13. The average Bonchev–Trinajstić information content (AvgIpc) is 2.69. The third-order valence-corrected chi connectivity index (χ3v) is 2.66. The fourth-order valence-corrected chi connectivity index (χ4v) is 1.93. The van der Waals surface area contributed by atoms with Crippen molar-refractivity contribution in [2.45, 2.75) is 19.9 Å². The van der Waals surface area contributed by atoms with Crippen molar-refractivity contribution in [3.63, 3.8) is 0 Å². The predicted octanol–water partition coefficient (Wildman–Crippen LogP) is 1.13.